The van der Waals surface area contributed by atoms with Gasteiger partial charge >= 0.3 is 0 Å². The number of sulfonamides is 1. The summed E-state index contributed by atoms with van der Waals surface area (Å²) in [6.45, 7) is 5.43. The van der Waals surface area contributed by atoms with Crippen molar-refractivity contribution < 1.29 is 17.9 Å². The van der Waals surface area contributed by atoms with Gasteiger partial charge in [-0.05, 0) is 61.1 Å². The molecule has 2 saturated carbocycles. The molecule has 8 heteroatoms. The average Bonchev–Trinajstić information content (AvgIpc) is 3.53. The van der Waals surface area contributed by atoms with Crippen molar-refractivity contribution in [1.29, 1.82) is 5.26 Å². The molecule has 2 aromatic carbocycles. The first-order valence-electron chi connectivity index (χ1n) is 11.6. The Balaban J connectivity index is 1.25. The lowest BCUT2D eigenvalue weighted by Crippen LogP contribution is -2.65. The highest BCUT2D eigenvalue weighted by Crippen LogP contribution is 2.50. The number of ether oxygens (including phenoxy) is 2. The van der Waals surface area contributed by atoms with E-state index in [2.05, 4.69) is 19.9 Å². The van der Waals surface area contributed by atoms with Crippen LogP contribution in [0.15, 0.2) is 36.4 Å². The second-order valence-electron chi connectivity index (χ2n) is 10.6. The number of benzene rings is 2. The summed E-state index contributed by atoms with van der Waals surface area (Å²) < 4.78 is 36.8. The van der Waals surface area contributed by atoms with Crippen LogP contribution < -0.4 is 9.47 Å². The Morgan fingerprint density at radius 1 is 1.06 bits per heavy atom. The fourth-order valence-corrected chi connectivity index (χ4v) is 6.28. The van der Waals surface area contributed by atoms with Crippen LogP contribution in [0.5, 0.6) is 11.5 Å². The van der Waals surface area contributed by atoms with Crippen molar-refractivity contribution in [3.8, 4) is 17.6 Å². The molecule has 0 amide bonds. The Labute approximate surface area is 206 Å². The Hall–Kier alpha value is -2.27. The van der Waals surface area contributed by atoms with Crippen LogP contribution in [0.3, 0.4) is 0 Å². The van der Waals surface area contributed by atoms with Gasteiger partial charge in [0.25, 0.3) is 0 Å². The maximum atomic E-state index is 11.6. The summed E-state index contributed by atoms with van der Waals surface area (Å²) in [6.07, 6.45) is 5.34. The number of rotatable bonds is 7. The SMILES string of the molecule is CC(C)(c1ccc(OC2CC3(C2)CN(S(C)(=O)=O)C3)cc1)c1cc(Cl)c(OC2CC2)c(C#N)c1. The largest absolute Gasteiger partial charge is 0.490 e. The maximum absolute atomic E-state index is 11.6. The molecule has 3 fully saturated rings. The molecule has 1 saturated heterocycles. The minimum atomic E-state index is -3.08. The van der Waals surface area contributed by atoms with Crippen LogP contribution in [0.4, 0.5) is 0 Å². The van der Waals surface area contributed by atoms with Gasteiger partial charge in [-0.15, -0.1) is 0 Å². The second-order valence-corrected chi connectivity index (χ2v) is 13.0. The van der Waals surface area contributed by atoms with Gasteiger partial charge in [-0.1, -0.05) is 37.6 Å². The van der Waals surface area contributed by atoms with Gasteiger partial charge in [0.2, 0.25) is 10.0 Å². The zero-order chi connectivity index (χ0) is 24.3. The molecule has 0 aromatic heterocycles. The summed E-state index contributed by atoms with van der Waals surface area (Å²) in [4.78, 5) is 0. The van der Waals surface area contributed by atoms with Crippen LogP contribution in [0.2, 0.25) is 5.02 Å². The molecule has 2 aliphatic carbocycles. The Kier molecular flexibility index (Phi) is 5.63. The highest BCUT2D eigenvalue weighted by atomic mass is 35.5. The predicted octanol–water partition coefficient (Wildman–Crippen LogP) is 4.88. The molecule has 0 unspecified atom stereocenters. The van der Waals surface area contributed by atoms with Gasteiger partial charge < -0.3 is 9.47 Å². The van der Waals surface area contributed by atoms with E-state index in [0.29, 0.717) is 29.4 Å². The van der Waals surface area contributed by atoms with Crippen molar-refractivity contribution in [2.45, 2.75) is 57.2 Å². The molecule has 1 heterocycles. The molecule has 3 aliphatic rings. The fraction of sp³-hybridized carbons (Fsp3) is 0.500. The summed E-state index contributed by atoms with van der Waals surface area (Å²) >= 11 is 6.52. The lowest BCUT2D eigenvalue weighted by Gasteiger charge is -2.57. The molecule has 0 bridgehead atoms. The monoisotopic (exact) mass is 500 g/mol. The lowest BCUT2D eigenvalue weighted by atomic mass is 9.63. The van der Waals surface area contributed by atoms with E-state index in [0.717, 1.165) is 42.6 Å². The predicted molar refractivity (Wildman–Crippen MR) is 131 cm³/mol. The Morgan fingerprint density at radius 2 is 1.71 bits per heavy atom. The molecular formula is C26H29ClN2O4S. The summed E-state index contributed by atoms with van der Waals surface area (Å²) in [5.74, 6) is 1.29. The van der Waals surface area contributed by atoms with Gasteiger partial charge in [0, 0.05) is 23.9 Å². The van der Waals surface area contributed by atoms with Crippen molar-refractivity contribution >= 4 is 21.6 Å². The van der Waals surface area contributed by atoms with Crippen molar-refractivity contribution in [1.82, 2.24) is 4.31 Å². The molecule has 1 aliphatic heterocycles. The van der Waals surface area contributed by atoms with Crippen LogP contribution in [-0.4, -0.2) is 44.3 Å². The highest BCUT2D eigenvalue weighted by molar-refractivity contribution is 7.88. The number of nitrogens with zero attached hydrogens (tertiary/aromatic N) is 2. The van der Waals surface area contributed by atoms with Gasteiger partial charge in [-0.2, -0.15) is 5.26 Å². The van der Waals surface area contributed by atoms with Gasteiger partial charge in [0.15, 0.2) is 5.75 Å². The second kappa shape index (κ2) is 8.15. The normalized spacial score (nSPS) is 20.3. The molecule has 1 spiro atoms. The van der Waals surface area contributed by atoms with E-state index >= 15 is 0 Å². The van der Waals surface area contributed by atoms with Crippen LogP contribution in [0.25, 0.3) is 0 Å². The highest BCUT2D eigenvalue weighted by Gasteiger charge is 2.55. The lowest BCUT2D eigenvalue weighted by molar-refractivity contribution is -0.0868. The van der Waals surface area contributed by atoms with Gasteiger partial charge in [0.05, 0.1) is 29.0 Å². The number of halogens is 1. The van der Waals surface area contributed by atoms with Crippen LogP contribution in [-0.2, 0) is 15.4 Å². The molecule has 0 radical (unpaired) electrons. The Morgan fingerprint density at radius 3 is 2.26 bits per heavy atom. The quantitative estimate of drug-likeness (QED) is 0.541. The molecule has 0 N–H and O–H groups in total. The van der Waals surface area contributed by atoms with Crippen molar-refractivity contribution in [2.75, 3.05) is 19.3 Å². The zero-order valence-corrected chi connectivity index (χ0v) is 21.2. The van der Waals surface area contributed by atoms with Crippen LogP contribution in [0, 0.1) is 16.7 Å². The summed E-state index contributed by atoms with van der Waals surface area (Å²) in [7, 11) is -3.08. The first-order valence-corrected chi connectivity index (χ1v) is 13.8. The van der Waals surface area contributed by atoms with E-state index in [-0.39, 0.29) is 23.0 Å². The molecular weight excluding hydrogens is 472 g/mol. The average molecular weight is 501 g/mol. The third-order valence-corrected chi connectivity index (χ3v) is 8.86. The van der Waals surface area contributed by atoms with Crippen molar-refractivity contribution in [3.63, 3.8) is 0 Å². The first-order chi connectivity index (χ1) is 16.0. The smallest absolute Gasteiger partial charge is 0.211 e. The number of hydrogen-bond donors (Lipinski definition) is 0. The zero-order valence-electron chi connectivity index (χ0n) is 19.7. The summed E-state index contributed by atoms with van der Waals surface area (Å²) in [5.41, 5.74) is 2.23. The van der Waals surface area contributed by atoms with E-state index < -0.39 is 10.0 Å². The molecule has 34 heavy (non-hydrogen) atoms. The molecule has 5 rings (SSSR count). The van der Waals surface area contributed by atoms with Crippen LogP contribution in [0.1, 0.15) is 56.2 Å². The van der Waals surface area contributed by atoms with Crippen molar-refractivity contribution in [2.24, 2.45) is 5.41 Å². The van der Waals surface area contributed by atoms with Gasteiger partial charge in [-0.3, -0.25) is 0 Å². The van der Waals surface area contributed by atoms with E-state index in [1.54, 1.807) is 0 Å². The fourth-order valence-electron chi connectivity index (χ4n) is 5.00. The van der Waals surface area contributed by atoms with E-state index in [9.17, 15) is 13.7 Å². The van der Waals surface area contributed by atoms with E-state index in [4.69, 9.17) is 21.1 Å². The molecule has 180 valence electrons. The Bertz CT molecular complexity index is 1250. The minimum absolute atomic E-state index is 0.1000. The molecule has 2 aromatic rings. The van der Waals surface area contributed by atoms with Gasteiger partial charge in [-0.25, -0.2) is 12.7 Å². The van der Waals surface area contributed by atoms with Crippen molar-refractivity contribution in [3.05, 3.63) is 58.1 Å². The first kappa shape index (κ1) is 23.5. The topological polar surface area (TPSA) is 79.6 Å². The number of nitriles is 1. The maximum Gasteiger partial charge on any atom is 0.211 e. The molecule has 6 nitrogen and oxygen atoms in total. The van der Waals surface area contributed by atoms with Gasteiger partial charge in [0.1, 0.15) is 11.8 Å². The number of hydrogen-bond acceptors (Lipinski definition) is 5. The standard InChI is InChI=1S/C26H29ClN2O4S/c1-25(2,19-10-17(14-28)24(23(27)11-19)33-21-8-9-21)18-4-6-20(7-5-18)32-22-12-26(13-22)15-29(16-26)34(3,30)31/h4-7,10-11,21-22H,8-9,12-13,15-16H2,1-3H3. The van der Waals surface area contributed by atoms with Crippen LogP contribution >= 0.6 is 11.6 Å². The van der Waals surface area contributed by atoms with E-state index in [1.165, 1.54) is 10.6 Å². The third-order valence-electron chi connectivity index (χ3n) is 7.39. The third kappa shape index (κ3) is 4.39. The molecule has 0 atom stereocenters. The summed E-state index contributed by atoms with van der Waals surface area (Å²) in [5, 5.41) is 10.1. The van der Waals surface area contributed by atoms with E-state index in [1.807, 2.05) is 36.4 Å². The minimum Gasteiger partial charge on any atom is -0.490 e. The summed E-state index contributed by atoms with van der Waals surface area (Å²) in [6, 6.07) is 14.1.